The van der Waals surface area contributed by atoms with E-state index in [1.807, 2.05) is 0 Å². The highest BCUT2D eigenvalue weighted by molar-refractivity contribution is 5.95. The maximum Gasteiger partial charge on any atom is 0.338 e. The first-order valence-electron chi connectivity index (χ1n) is 3.46. The second kappa shape index (κ2) is 3.23. The standard InChI is InChI=1S/C8H10N2O2/c1-5-3-2-4-6(10-9)7(5)8(11)12/h2-4,10H,9H2,1H3,(H,11,12). The molecule has 0 aromatic heterocycles. The predicted molar refractivity (Wildman–Crippen MR) is 45.9 cm³/mol. The summed E-state index contributed by atoms with van der Waals surface area (Å²) in [4.78, 5) is 10.7. The van der Waals surface area contributed by atoms with E-state index in [1.165, 1.54) is 0 Å². The van der Waals surface area contributed by atoms with Gasteiger partial charge in [0, 0.05) is 0 Å². The molecule has 4 nitrogen and oxygen atoms in total. The zero-order chi connectivity index (χ0) is 9.14. The highest BCUT2D eigenvalue weighted by Gasteiger charge is 2.10. The lowest BCUT2D eigenvalue weighted by atomic mass is 10.1. The molecule has 64 valence electrons. The Bertz CT molecular complexity index is 310. The van der Waals surface area contributed by atoms with Crippen LogP contribution in [-0.2, 0) is 0 Å². The summed E-state index contributed by atoms with van der Waals surface area (Å²) in [5, 5.41) is 8.78. The van der Waals surface area contributed by atoms with E-state index in [-0.39, 0.29) is 5.56 Å². The third-order valence-electron chi connectivity index (χ3n) is 1.64. The number of aryl methyl sites for hydroxylation is 1. The van der Waals surface area contributed by atoms with Crippen molar-refractivity contribution in [2.24, 2.45) is 5.84 Å². The molecule has 0 aliphatic rings. The minimum Gasteiger partial charge on any atom is -0.478 e. The molecule has 4 heteroatoms. The van der Waals surface area contributed by atoms with Crippen molar-refractivity contribution in [3.63, 3.8) is 0 Å². The van der Waals surface area contributed by atoms with Crippen molar-refractivity contribution in [1.82, 2.24) is 0 Å². The Balaban J connectivity index is 3.29. The smallest absolute Gasteiger partial charge is 0.338 e. The van der Waals surface area contributed by atoms with Gasteiger partial charge in [0.05, 0.1) is 11.3 Å². The van der Waals surface area contributed by atoms with Crippen molar-refractivity contribution in [2.75, 3.05) is 5.43 Å². The fourth-order valence-corrected chi connectivity index (χ4v) is 1.07. The van der Waals surface area contributed by atoms with Crippen LogP contribution in [0.4, 0.5) is 5.69 Å². The molecular weight excluding hydrogens is 156 g/mol. The third kappa shape index (κ3) is 1.38. The average molecular weight is 166 g/mol. The van der Waals surface area contributed by atoms with Crippen LogP contribution in [0.3, 0.4) is 0 Å². The van der Waals surface area contributed by atoms with Gasteiger partial charge in [-0.2, -0.15) is 0 Å². The number of carboxylic acids is 1. The fraction of sp³-hybridized carbons (Fsp3) is 0.125. The SMILES string of the molecule is Cc1cccc(NN)c1C(=O)O. The number of nitrogen functional groups attached to an aromatic ring is 1. The van der Waals surface area contributed by atoms with Crippen molar-refractivity contribution in [2.45, 2.75) is 6.92 Å². The summed E-state index contributed by atoms with van der Waals surface area (Å²) in [5.41, 5.74) is 3.68. The molecule has 0 heterocycles. The molecule has 0 bridgehead atoms. The second-order valence-corrected chi connectivity index (χ2v) is 2.45. The summed E-state index contributed by atoms with van der Waals surface area (Å²) in [7, 11) is 0. The first-order chi connectivity index (χ1) is 5.66. The summed E-state index contributed by atoms with van der Waals surface area (Å²) < 4.78 is 0. The Hall–Kier alpha value is -1.55. The van der Waals surface area contributed by atoms with E-state index in [1.54, 1.807) is 25.1 Å². The summed E-state index contributed by atoms with van der Waals surface area (Å²) in [6.07, 6.45) is 0. The van der Waals surface area contributed by atoms with E-state index in [0.717, 1.165) is 0 Å². The topological polar surface area (TPSA) is 75.3 Å². The van der Waals surface area contributed by atoms with Gasteiger partial charge in [0.1, 0.15) is 0 Å². The van der Waals surface area contributed by atoms with E-state index in [2.05, 4.69) is 5.43 Å². The summed E-state index contributed by atoms with van der Waals surface area (Å²) in [5.74, 6) is 4.17. The van der Waals surface area contributed by atoms with Crippen LogP contribution in [0.25, 0.3) is 0 Å². The number of aromatic carboxylic acids is 1. The molecule has 1 aromatic rings. The van der Waals surface area contributed by atoms with Crippen molar-refractivity contribution in [3.05, 3.63) is 29.3 Å². The van der Waals surface area contributed by atoms with Crippen LogP contribution in [0.5, 0.6) is 0 Å². The normalized spacial score (nSPS) is 9.50. The van der Waals surface area contributed by atoms with E-state index < -0.39 is 5.97 Å². The summed E-state index contributed by atoms with van der Waals surface area (Å²) in [6, 6.07) is 5.09. The fourth-order valence-electron chi connectivity index (χ4n) is 1.07. The number of benzene rings is 1. The number of carboxylic acid groups (broad SMARTS) is 1. The molecule has 0 radical (unpaired) electrons. The Kier molecular flexibility index (Phi) is 2.30. The van der Waals surface area contributed by atoms with Gasteiger partial charge in [-0.15, -0.1) is 0 Å². The Morgan fingerprint density at radius 1 is 1.58 bits per heavy atom. The number of anilines is 1. The lowest BCUT2D eigenvalue weighted by Crippen LogP contribution is -2.12. The molecule has 1 rings (SSSR count). The summed E-state index contributed by atoms with van der Waals surface area (Å²) in [6.45, 7) is 1.73. The van der Waals surface area contributed by atoms with E-state index in [0.29, 0.717) is 11.3 Å². The van der Waals surface area contributed by atoms with Crippen molar-refractivity contribution in [1.29, 1.82) is 0 Å². The predicted octanol–water partition coefficient (Wildman–Crippen LogP) is 0.979. The van der Waals surface area contributed by atoms with Crippen LogP contribution in [-0.4, -0.2) is 11.1 Å². The number of hydrazine groups is 1. The highest BCUT2D eigenvalue weighted by atomic mass is 16.4. The van der Waals surface area contributed by atoms with Crippen molar-refractivity contribution in [3.8, 4) is 0 Å². The molecule has 0 amide bonds. The van der Waals surface area contributed by atoms with Crippen LogP contribution in [0.15, 0.2) is 18.2 Å². The first-order valence-corrected chi connectivity index (χ1v) is 3.46. The number of carbonyl (C=O) groups is 1. The third-order valence-corrected chi connectivity index (χ3v) is 1.64. The van der Waals surface area contributed by atoms with Crippen LogP contribution >= 0.6 is 0 Å². The molecule has 0 saturated heterocycles. The van der Waals surface area contributed by atoms with Crippen LogP contribution in [0.2, 0.25) is 0 Å². The minimum atomic E-state index is -0.971. The Morgan fingerprint density at radius 3 is 2.67 bits per heavy atom. The highest BCUT2D eigenvalue weighted by Crippen LogP contribution is 2.17. The van der Waals surface area contributed by atoms with Gasteiger partial charge in [-0.3, -0.25) is 5.84 Å². The number of rotatable bonds is 2. The molecule has 12 heavy (non-hydrogen) atoms. The maximum absolute atomic E-state index is 10.7. The lowest BCUT2D eigenvalue weighted by Gasteiger charge is -2.06. The summed E-state index contributed by atoms with van der Waals surface area (Å²) >= 11 is 0. The molecule has 1 aromatic carbocycles. The Morgan fingerprint density at radius 2 is 2.25 bits per heavy atom. The Labute approximate surface area is 70.0 Å². The molecule has 0 atom stereocenters. The molecule has 4 N–H and O–H groups in total. The molecule has 0 unspecified atom stereocenters. The van der Waals surface area contributed by atoms with Crippen LogP contribution in [0.1, 0.15) is 15.9 Å². The molecular formula is C8H10N2O2. The quantitative estimate of drug-likeness (QED) is 0.452. The minimum absolute atomic E-state index is 0.222. The zero-order valence-electron chi connectivity index (χ0n) is 6.66. The van der Waals surface area contributed by atoms with Gasteiger partial charge in [0.25, 0.3) is 0 Å². The first kappa shape index (κ1) is 8.55. The van der Waals surface area contributed by atoms with Gasteiger partial charge < -0.3 is 10.5 Å². The molecule has 0 saturated carbocycles. The number of nitrogens with two attached hydrogens (primary N) is 1. The van der Waals surface area contributed by atoms with E-state index in [9.17, 15) is 4.79 Å². The van der Waals surface area contributed by atoms with Gasteiger partial charge in [-0.1, -0.05) is 12.1 Å². The van der Waals surface area contributed by atoms with Gasteiger partial charge >= 0.3 is 5.97 Å². The number of hydrogen-bond donors (Lipinski definition) is 3. The van der Waals surface area contributed by atoms with Gasteiger partial charge in [-0.25, -0.2) is 4.79 Å². The lowest BCUT2D eigenvalue weighted by molar-refractivity contribution is 0.0697. The molecule has 0 aliphatic carbocycles. The molecule has 0 spiro atoms. The van der Waals surface area contributed by atoms with Gasteiger partial charge in [0.15, 0.2) is 0 Å². The van der Waals surface area contributed by atoms with Crippen LogP contribution < -0.4 is 11.3 Å². The van der Waals surface area contributed by atoms with Crippen molar-refractivity contribution < 1.29 is 9.90 Å². The van der Waals surface area contributed by atoms with Crippen LogP contribution in [0, 0.1) is 6.92 Å². The molecule has 0 aliphatic heterocycles. The largest absolute Gasteiger partial charge is 0.478 e. The van der Waals surface area contributed by atoms with E-state index in [4.69, 9.17) is 10.9 Å². The van der Waals surface area contributed by atoms with E-state index >= 15 is 0 Å². The number of nitrogens with one attached hydrogen (secondary N) is 1. The zero-order valence-corrected chi connectivity index (χ0v) is 6.66. The maximum atomic E-state index is 10.7. The van der Waals surface area contributed by atoms with Gasteiger partial charge in [0.2, 0.25) is 0 Å². The monoisotopic (exact) mass is 166 g/mol. The second-order valence-electron chi connectivity index (χ2n) is 2.45. The van der Waals surface area contributed by atoms with Crippen molar-refractivity contribution >= 4 is 11.7 Å². The number of hydrogen-bond acceptors (Lipinski definition) is 3. The molecule has 0 fully saturated rings. The van der Waals surface area contributed by atoms with Gasteiger partial charge in [-0.05, 0) is 18.6 Å². The average Bonchev–Trinajstić information content (AvgIpc) is 2.03.